The molecule has 0 bridgehead atoms. The van der Waals surface area contributed by atoms with Gasteiger partial charge in [0.2, 0.25) is 0 Å². The lowest BCUT2D eigenvalue weighted by Crippen LogP contribution is -2.44. The van der Waals surface area contributed by atoms with Crippen molar-refractivity contribution in [3.63, 3.8) is 0 Å². The first-order chi connectivity index (χ1) is 14.8. The second-order valence-electron chi connectivity index (χ2n) is 8.19. The van der Waals surface area contributed by atoms with E-state index in [1.54, 1.807) is 13.8 Å². The second-order valence-corrected chi connectivity index (χ2v) is 8.19. The average molecular weight is 456 g/mol. The molecule has 0 saturated heterocycles. The molecule has 1 aromatic carbocycles. The molecule has 2 N–H and O–H groups in total. The molecular formula is C22H32O10. The Kier molecular flexibility index (Phi) is 9.92. The number of methoxy groups -OCH3 is 1. The second kappa shape index (κ2) is 11.7. The van der Waals surface area contributed by atoms with Gasteiger partial charge >= 0.3 is 17.9 Å². The van der Waals surface area contributed by atoms with Crippen LogP contribution in [-0.4, -0.2) is 73.4 Å². The van der Waals surface area contributed by atoms with Crippen molar-refractivity contribution in [1.29, 1.82) is 0 Å². The maximum absolute atomic E-state index is 12.7. The summed E-state index contributed by atoms with van der Waals surface area (Å²) in [7, 11) is 1.37. The van der Waals surface area contributed by atoms with E-state index in [0.717, 1.165) is 12.1 Å². The molecule has 0 radical (unpaired) electrons. The zero-order valence-corrected chi connectivity index (χ0v) is 19.3. The first-order valence-electron chi connectivity index (χ1n) is 10.0. The number of esters is 3. The minimum Gasteiger partial charge on any atom is -0.504 e. The van der Waals surface area contributed by atoms with Gasteiger partial charge in [-0.25, -0.2) is 9.59 Å². The number of ether oxygens (including phenoxy) is 5. The fourth-order valence-electron chi connectivity index (χ4n) is 2.17. The van der Waals surface area contributed by atoms with Crippen LogP contribution in [0.25, 0.3) is 0 Å². The van der Waals surface area contributed by atoms with Crippen molar-refractivity contribution in [1.82, 2.24) is 0 Å². The first-order valence-corrected chi connectivity index (χ1v) is 10.0. The van der Waals surface area contributed by atoms with Gasteiger partial charge in [-0.3, -0.25) is 4.79 Å². The highest BCUT2D eigenvalue weighted by Gasteiger charge is 2.39. The predicted molar refractivity (Wildman–Crippen MR) is 112 cm³/mol. The summed E-state index contributed by atoms with van der Waals surface area (Å²) in [5.41, 5.74) is -2.45. The van der Waals surface area contributed by atoms with E-state index >= 15 is 0 Å². The number of hydrogen-bond acceptors (Lipinski definition) is 10. The summed E-state index contributed by atoms with van der Waals surface area (Å²) < 4.78 is 26.1. The van der Waals surface area contributed by atoms with Crippen molar-refractivity contribution in [3.05, 3.63) is 23.8 Å². The molecule has 0 heterocycles. The largest absolute Gasteiger partial charge is 0.504 e. The molecule has 0 fully saturated rings. The van der Waals surface area contributed by atoms with E-state index < -0.39 is 34.7 Å². The molecule has 32 heavy (non-hydrogen) atoms. The molecule has 0 amide bonds. The van der Waals surface area contributed by atoms with Crippen molar-refractivity contribution >= 4 is 17.9 Å². The number of hydrogen-bond donors (Lipinski definition) is 2. The molecule has 1 unspecified atom stereocenters. The van der Waals surface area contributed by atoms with E-state index in [9.17, 15) is 24.6 Å². The van der Waals surface area contributed by atoms with Crippen LogP contribution in [0, 0.1) is 5.41 Å². The molecular weight excluding hydrogens is 424 g/mol. The Morgan fingerprint density at radius 1 is 0.906 bits per heavy atom. The van der Waals surface area contributed by atoms with Gasteiger partial charge in [0.25, 0.3) is 0 Å². The van der Waals surface area contributed by atoms with E-state index in [4.69, 9.17) is 23.7 Å². The minimum atomic E-state index is -1.30. The molecule has 1 rings (SSSR count). The highest BCUT2D eigenvalue weighted by atomic mass is 16.6. The number of aromatic hydroxyl groups is 2. The van der Waals surface area contributed by atoms with E-state index in [2.05, 4.69) is 0 Å². The summed E-state index contributed by atoms with van der Waals surface area (Å²) in [6, 6.07) is 3.48. The summed E-state index contributed by atoms with van der Waals surface area (Å²) in [4.78, 5) is 36.8. The monoisotopic (exact) mass is 456 g/mol. The molecule has 0 aliphatic heterocycles. The number of phenolic OH excluding ortho intramolecular Hbond substituents is 2. The van der Waals surface area contributed by atoms with Gasteiger partial charge in [-0.05, 0) is 52.8 Å². The average Bonchev–Trinajstić information content (AvgIpc) is 2.74. The number of phenols is 2. The van der Waals surface area contributed by atoms with E-state index in [-0.39, 0.29) is 43.8 Å². The third kappa shape index (κ3) is 8.01. The molecule has 180 valence electrons. The topological polar surface area (TPSA) is 138 Å². The third-order valence-corrected chi connectivity index (χ3v) is 4.51. The third-order valence-electron chi connectivity index (χ3n) is 4.51. The highest BCUT2D eigenvalue weighted by molar-refractivity contribution is 5.90. The Bertz CT molecular complexity index is 802. The molecule has 0 aliphatic rings. The van der Waals surface area contributed by atoms with Crippen LogP contribution in [0.15, 0.2) is 18.2 Å². The van der Waals surface area contributed by atoms with Crippen molar-refractivity contribution in [3.8, 4) is 11.5 Å². The molecule has 0 aromatic heterocycles. The zero-order valence-electron chi connectivity index (χ0n) is 19.3. The van der Waals surface area contributed by atoms with Gasteiger partial charge in [-0.2, -0.15) is 0 Å². The van der Waals surface area contributed by atoms with Crippen LogP contribution in [0.5, 0.6) is 11.5 Å². The lowest BCUT2D eigenvalue weighted by Gasteiger charge is -2.29. The van der Waals surface area contributed by atoms with E-state index in [1.807, 2.05) is 0 Å². The Morgan fingerprint density at radius 2 is 1.53 bits per heavy atom. The predicted octanol–water partition coefficient (Wildman–Crippen LogP) is 2.20. The lowest BCUT2D eigenvalue weighted by atomic mass is 9.93. The van der Waals surface area contributed by atoms with Crippen molar-refractivity contribution in [2.75, 3.05) is 33.5 Å². The van der Waals surface area contributed by atoms with Crippen LogP contribution < -0.4 is 0 Å². The minimum absolute atomic E-state index is 0.0227. The van der Waals surface area contributed by atoms with Crippen LogP contribution in [-0.2, 0) is 33.3 Å². The van der Waals surface area contributed by atoms with Gasteiger partial charge in [-0.1, -0.05) is 0 Å². The van der Waals surface area contributed by atoms with Crippen LogP contribution >= 0.6 is 0 Å². The normalized spacial score (nSPS) is 13.3. The van der Waals surface area contributed by atoms with Gasteiger partial charge in [0, 0.05) is 7.11 Å². The summed E-state index contributed by atoms with van der Waals surface area (Å²) in [5.74, 6) is -2.93. The Balaban J connectivity index is 2.65. The van der Waals surface area contributed by atoms with Crippen LogP contribution in [0.3, 0.4) is 0 Å². The number of rotatable bonds is 12. The van der Waals surface area contributed by atoms with Crippen molar-refractivity contribution in [2.45, 2.75) is 46.3 Å². The van der Waals surface area contributed by atoms with Gasteiger partial charge < -0.3 is 33.9 Å². The molecule has 0 saturated carbocycles. The molecule has 10 nitrogen and oxygen atoms in total. The summed E-state index contributed by atoms with van der Waals surface area (Å²) in [5, 5.41) is 18.7. The Hall–Kier alpha value is -2.85. The van der Waals surface area contributed by atoms with Crippen molar-refractivity contribution in [2.24, 2.45) is 5.41 Å². The summed E-state index contributed by atoms with van der Waals surface area (Å²) >= 11 is 0. The van der Waals surface area contributed by atoms with E-state index in [1.165, 1.54) is 33.9 Å². The molecule has 0 aliphatic carbocycles. The fraction of sp³-hybridized carbons (Fsp3) is 0.591. The fourth-order valence-corrected chi connectivity index (χ4v) is 2.17. The summed E-state index contributed by atoms with van der Waals surface area (Å²) in [6.07, 6.45) is -0.170. The number of benzene rings is 1. The van der Waals surface area contributed by atoms with Gasteiger partial charge in [-0.15, -0.1) is 0 Å². The Labute approximate surface area is 187 Å². The molecule has 1 atom stereocenters. The van der Waals surface area contributed by atoms with Crippen molar-refractivity contribution < 1.29 is 48.3 Å². The zero-order chi connectivity index (χ0) is 24.5. The Morgan fingerprint density at radius 3 is 2.09 bits per heavy atom. The highest BCUT2D eigenvalue weighted by Crippen LogP contribution is 2.25. The van der Waals surface area contributed by atoms with Crippen LogP contribution in [0.2, 0.25) is 0 Å². The van der Waals surface area contributed by atoms with Gasteiger partial charge in [0.15, 0.2) is 17.1 Å². The molecule has 0 spiro atoms. The van der Waals surface area contributed by atoms with Gasteiger partial charge in [0.1, 0.15) is 25.2 Å². The standard InChI is InChI=1S/C22H32O10/c1-14(2)31-12-22(5,13-32-19(26)21(3,4)28-6)20(27)30-10-9-29-18(25)15-7-8-16(23)17(24)11-15/h7-8,11,14,23-24H,9-10,12-13H2,1-6H3. The number of carbonyl (C=O) groups is 3. The smallest absolute Gasteiger partial charge is 0.338 e. The van der Waals surface area contributed by atoms with Crippen LogP contribution in [0.1, 0.15) is 45.0 Å². The molecule has 1 aromatic rings. The SMILES string of the molecule is COC(C)(C)C(=O)OCC(C)(COC(C)C)C(=O)OCCOC(=O)c1ccc(O)c(O)c1. The summed E-state index contributed by atoms with van der Waals surface area (Å²) in [6.45, 7) is 7.37. The molecule has 10 heteroatoms. The van der Waals surface area contributed by atoms with E-state index in [0.29, 0.717) is 0 Å². The maximum Gasteiger partial charge on any atom is 0.338 e. The van der Waals surface area contributed by atoms with Crippen LogP contribution in [0.4, 0.5) is 0 Å². The lowest BCUT2D eigenvalue weighted by molar-refractivity contribution is -0.178. The quantitative estimate of drug-likeness (QED) is 0.208. The first kappa shape index (κ1) is 27.2. The van der Waals surface area contributed by atoms with Gasteiger partial charge in [0.05, 0.1) is 18.3 Å². The maximum atomic E-state index is 12.7. The number of carbonyl (C=O) groups excluding carboxylic acids is 3.